The standard InChI is InChI=1S/C9H14F3N3/c1-6-8(7(2)15(3)14-6)4-13-5-9(10,11)12/h13H,4-5H2,1-3H3. The number of hydrogen-bond donors (Lipinski definition) is 1. The van der Waals surface area contributed by atoms with Gasteiger partial charge in [-0.15, -0.1) is 0 Å². The molecular weight excluding hydrogens is 207 g/mol. The van der Waals surface area contributed by atoms with E-state index in [0.717, 1.165) is 17.0 Å². The van der Waals surface area contributed by atoms with Crippen LogP contribution in [0.2, 0.25) is 0 Å². The molecule has 1 N–H and O–H groups in total. The second kappa shape index (κ2) is 4.22. The first-order valence-electron chi connectivity index (χ1n) is 4.58. The molecule has 3 nitrogen and oxygen atoms in total. The van der Waals surface area contributed by atoms with Crippen LogP contribution < -0.4 is 5.32 Å². The van der Waals surface area contributed by atoms with Crippen LogP contribution in [0.5, 0.6) is 0 Å². The molecule has 1 aromatic rings. The quantitative estimate of drug-likeness (QED) is 0.841. The molecule has 15 heavy (non-hydrogen) atoms. The molecule has 0 aliphatic rings. The van der Waals surface area contributed by atoms with Crippen LogP contribution in [0.4, 0.5) is 13.2 Å². The van der Waals surface area contributed by atoms with Gasteiger partial charge in [-0.1, -0.05) is 0 Å². The van der Waals surface area contributed by atoms with Crippen molar-refractivity contribution in [1.29, 1.82) is 0 Å². The SMILES string of the molecule is Cc1nn(C)c(C)c1CNCC(F)(F)F. The molecule has 0 fully saturated rings. The number of nitrogens with zero attached hydrogens (tertiary/aromatic N) is 2. The highest BCUT2D eigenvalue weighted by molar-refractivity contribution is 5.23. The van der Waals surface area contributed by atoms with Crippen molar-refractivity contribution in [2.75, 3.05) is 6.54 Å². The molecule has 1 heterocycles. The normalized spacial score (nSPS) is 12.1. The lowest BCUT2D eigenvalue weighted by Gasteiger charge is -2.08. The number of alkyl halides is 3. The fourth-order valence-electron chi connectivity index (χ4n) is 1.40. The van der Waals surface area contributed by atoms with E-state index in [-0.39, 0.29) is 6.54 Å². The van der Waals surface area contributed by atoms with E-state index >= 15 is 0 Å². The summed E-state index contributed by atoms with van der Waals surface area (Å²) in [6.45, 7) is 2.86. The van der Waals surface area contributed by atoms with Crippen molar-refractivity contribution in [3.63, 3.8) is 0 Å². The summed E-state index contributed by atoms with van der Waals surface area (Å²) in [7, 11) is 1.77. The predicted octanol–water partition coefficient (Wildman–Crippen LogP) is 1.69. The first kappa shape index (κ1) is 12.0. The maximum absolute atomic E-state index is 11.9. The van der Waals surface area contributed by atoms with Crippen LogP contribution in [0.25, 0.3) is 0 Å². The maximum Gasteiger partial charge on any atom is 0.401 e. The number of aromatic nitrogens is 2. The van der Waals surface area contributed by atoms with Gasteiger partial charge >= 0.3 is 6.18 Å². The minimum atomic E-state index is -4.16. The molecule has 0 atom stereocenters. The van der Waals surface area contributed by atoms with Crippen LogP contribution in [-0.2, 0) is 13.6 Å². The Balaban J connectivity index is 2.58. The summed E-state index contributed by atoms with van der Waals surface area (Å²) in [5.74, 6) is 0. The van der Waals surface area contributed by atoms with E-state index in [9.17, 15) is 13.2 Å². The largest absolute Gasteiger partial charge is 0.401 e. The van der Waals surface area contributed by atoms with Gasteiger partial charge in [0.2, 0.25) is 0 Å². The van der Waals surface area contributed by atoms with Gasteiger partial charge in [0, 0.05) is 24.8 Å². The third-order valence-electron chi connectivity index (χ3n) is 2.29. The van der Waals surface area contributed by atoms with Gasteiger partial charge in [-0.3, -0.25) is 4.68 Å². The van der Waals surface area contributed by atoms with E-state index in [4.69, 9.17) is 0 Å². The van der Waals surface area contributed by atoms with Crippen molar-refractivity contribution < 1.29 is 13.2 Å². The van der Waals surface area contributed by atoms with Gasteiger partial charge in [0.1, 0.15) is 0 Å². The van der Waals surface area contributed by atoms with Gasteiger partial charge in [0.25, 0.3) is 0 Å². The van der Waals surface area contributed by atoms with Crippen molar-refractivity contribution >= 4 is 0 Å². The number of aryl methyl sites for hydroxylation is 2. The number of hydrogen-bond acceptors (Lipinski definition) is 2. The van der Waals surface area contributed by atoms with Crippen LogP contribution in [0.15, 0.2) is 0 Å². The minimum absolute atomic E-state index is 0.199. The van der Waals surface area contributed by atoms with E-state index in [1.165, 1.54) is 0 Å². The van der Waals surface area contributed by atoms with Gasteiger partial charge in [-0.25, -0.2) is 0 Å². The topological polar surface area (TPSA) is 29.9 Å². The molecule has 0 aromatic carbocycles. The summed E-state index contributed by atoms with van der Waals surface area (Å²) in [4.78, 5) is 0. The zero-order chi connectivity index (χ0) is 11.6. The molecular formula is C9H14F3N3. The fraction of sp³-hybridized carbons (Fsp3) is 0.667. The molecule has 0 saturated carbocycles. The van der Waals surface area contributed by atoms with E-state index in [1.807, 2.05) is 6.92 Å². The summed E-state index contributed by atoms with van der Waals surface area (Å²) >= 11 is 0. The molecule has 0 saturated heterocycles. The van der Waals surface area contributed by atoms with Crippen LogP contribution >= 0.6 is 0 Å². The van der Waals surface area contributed by atoms with Crippen molar-refractivity contribution in [2.45, 2.75) is 26.6 Å². The van der Waals surface area contributed by atoms with E-state index < -0.39 is 12.7 Å². The maximum atomic E-state index is 11.9. The first-order chi connectivity index (χ1) is 6.81. The molecule has 1 rings (SSSR count). The van der Waals surface area contributed by atoms with Gasteiger partial charge < -0.3 is 5.32 Å². The summed E-state index contributed by atoms with van der Waals surface area (Å²) in [5, 5.41) is 6.48. The lowest BCUT2D eigenvalue weighted by molar-refractivity contribution is -0.125. The molecule has 0 unspecified atom stereocenters. The summed E-state index contributed by atoms with van der Waals surface area (Å²) in [5.41, 5.74) is 2.49. The van der Waals surface area contributed by atoms with E-state index in [2.05, 4.69) is 10.4 Å². The zero-order valence-corrected chi connectivity index (χ0v) is 8.94. The first-order valence-corrected chi connectivity index (χ1v) is 4.58. The molecule has 0 spiro atoms. The molecule has 0 amide bonds. The predicted molar refractivity (Wildman–Crippen MR) is 50.4 cm³/mol. The molecule has 86 valence electrons. The Kier molecular flexibility index (Phi) is 3.38. The van der Waals surface area contributed by atoms with E-state index in [0.29, 0.717) is 0 Å². The zero-order valence-electron chi connectivity index (χ0n) is 8.94. The Morgan fingerprint density at radius 1 is 1.33 bits per heavy atom. The minimum Gasteiger partial charge on any atom is -0.304 e. The molecule has 1 aromatic heterocycles. The highest BCUT2D eigenvalue weighted by Crippen LogP contribution is 2.14. The lowest BCUT2D eigenvalue weighted by Crippen LogP contribution is -2.28. The second-order valence-electron chi connectivity index (χ2n) is 3.49. The van der Waals surface area contributed by atoms with Gasteiger partial charge in [-0.05, 0) is 13.8 Å². The van der Waals surface area contributed by atoms with Crippen molar-refractivity contribution in [2.24, 2.45) is 7.05 Å². The highest BCUT2D eigenvalue weighted by atomic mass is 19.4. The van der Waals surface area contributed by atoms with Crippen LogP contribution in [0, 0.1) is 13.8 Å². The lowest BCUT2D eigenvalue weighted by atomic mass is 10.2. The summed E-state index contributed by atoms with van der Waals surface area (Å²) in [6, 6.07) is 0. The van der Waals surface area contributed by atoms with E-state index in [1.54, 1.807) is 18.7 Å². The van der Waals surface area contributed by atoms with Gasteiger partial charge in [0.15, 0.2) is 0 Å². The summed E-state index contributed by atoms with van der Waals surface area (Å²) in [6.07, 6.45) is -4.16. The molecule has 0 aliphatic heterocycles. The van der Waals surface area contributed by atoms with Crippen LogP contribution in [-0.4, -0.2) is 22.5 Å². The Morgan fingerprint density at radius 3 is 2.33 bits per heavy atom. The molecule has 0 bridgehead atoms. The van der Waals surface area contributed by atoms with Crippen LogP contribution in [0.1, 0.15) is 17.0 Å². The van der Waals surface area contributed by atoms with Gasteiger partial charge in [-0.2, -0.15) is 18.3 Å². The average Bonchev–Trinajstić information content (AvgIpc) is 2.29. The third kappa shape index (κ3) is 3.23. The highest BCUT2D eigenvalue weighted by Gasteiger charge is 2.26. The van der Waals surface area contributed by atoms with Crippen molar-refractivity contribution in [3.8, 4) is 0 Å². The Hall–Kier alpha value is -1.04. The third-order valence-corrected chi connectivity index (χ3v) is 2.29. The fourth-order valence-corrected chi connectivity index (χ4v) is 1.40. The number of nitrogens with one attached hydrogen (secondary N) is 1. The Bertz CT molecular complexity index is 341. The monoisotopic (exact) mass is 221 g/mol. The Morgan fingerprint density at radius 2 is 1.93 bits per heavy atom. The molecule has 0 radical (unpaired) electrons. The number of halogens is 3. The van der Waals surface area contributed by atoms with Gasteiger partial charge in [0.05, 0.1) is 12.2 Å². The average molecular weight is 221 g/mol. The van der Waals surface area contributed by atoms with Crippen molar-refractivity contribution in [1.82, 2.24) is 15.1 Å². The molecule has 6 heteroatoms. The van der Waals surface area contributed by atoms with Crippen LogP contribution in [0.3, 0.4) is 0 Å². The number of rotatable bonds is 3. The Labute approximate surface area is 86.3 Å². The second-order valence-corrected chi connectivity index (χ2v) is 3.49. The smallest absolute Gasteiger partial charge is 0.304 e. The van der Waals surface area contributed by atoms with Crippen molar-refractivity contribution in [3.05, 3.63) is 17.0 Å². The molecule has 0 aliphatic carbocycles. The summed E-state index contributed by atoms with van der Waals surface area (Å²) < 4.78 is 37.3.